The fraction of sp³-hybridized carbons (Fsp3) is 0.160. The maximum absolute atomic E-state index is 13.6. The molecule has 3 aromatic carbocycles. The summed E-state index contributed by atoms with van der Waals surface area (Å²) >= 11 is 11.5. The average Bonchev–Trinajstić information content (AvgIpc) is 2.82. The van der Waals surface area contributed by atoms with Crippen LogP contribution < -0.4 is 14.4 Å². The Morgan fingerprint density at radius 1 is 0.970 bits per heavy atom. The van der Waals surface area contributed by atoms with Crippen molar-refractivity contribution in [3.63, 3.8) is 0 Å². The minimum absolute atomic E-state index is 0.0194. The predicted molar refractivity (Wildman–Crippen MR) is 134 cm³/mol. The molecule has 1 fully saturated rings. The van der Waals surface area contributed by atoms with Crippen LogP contribution in [0.2, 0.25) is 5.02 Å². The van der Waals surface area contributed by atoms with E-state index in [-0.39, 0.29) is 10.7 Å². The number of methoxy groups -OCH3 is 2. The molecule has 6 nitrogen and oxygen atoms in total. The quantitative estimate of drug-likeness (QED) is 0.290. The monoisotopic (exact) mass is 480 g/mol. The molecular formula is C25H21ClN2O4S. The number of ether oxygens (including phenoxy) is 2. The van der Waals surface area contributed by atoms with Crippen molar-refractivity contribution >= 4 is 63.3 Å². The number of halogens is 1. The Morgan fingerprint density at radius 2 is 1.67 bits per heavy atom. The number of hydrogen-bond donors (Lipinski definition) is 0. The number of hydrogen-bond acceptors (Lipinski definition) is 5. The predicted octanol–water partition coefficient (Wildman–Crippen LogP) is 5.07. The fourth-order valence-corrected chi connectivity index (χ4v) is 4.30. The zero-order valence-electron chi connectivity index (χ0n) is 18.3. The Hall–Kier alpha value is -3.42. The maximum Gasteiger partial charge on any atom is 0.270 e. The maximum atomic E-state index is 13.6. The highest BCUT2D eigenvalue weighted by atomic mass is 35.5. The molecule has 1 saturated heterocycles. The molecule has 0 atom stereocenters. The second-order valence-corrected chi connectivity index (χ2v) is 8.08. The lowest BCUT2D eigenvalue weighted by molar-refractivity contribution is -0.127. The van der Waals surface area contributed by atoms with Crippen LogP contribution in [0.5, 0.6) is 11.5 Å². The molecule has 0 spiro atoms. The first-order valence-corrected chi connectivity index (χ1v) is 11.0. The molecule has 0 saturated carbocycles. The number of carbonyl (C=O) groups is 2. The van der Waals surface area contributed by atoms with Crippen molar-refractivity contribution < 1.29 is 19.1 Å². The summed E-state index contributed by atoms with van der Waals surface area (Å²) < 4.78 is 10.9. The van der Waals surface area contributed by atoms with E-state index in [0.717, 1.165) is 10.8 Å². The normalized spacial score (nSPS) is 15.5. The Bertz CT molecular complexity index is 1300. The standard InChI is InChI=1S/C25H21ClN2O4S/c1-4-27-23(29)21(24(30)28(25(27)33)17-9-7-16(26)8-10-17)14-20-19-13-18(31-2)11-5-15(19)6-12-22(20)32-3/h5-14H,4H2,1-3H3/b21-14+. The molecular weight excluding hydrogens is 460 g/mol. The van der Waals surface area contributed by atoms with Gasteiger partial charge in [-0.25, -0.2) is 0 Å². The molecule has 4 rings (SSSR count). The van der Waals surface area contributed by atoms with Crippen LogP contribution in [-0.4, -0.2) is 42.6 Å². The summed E-state index contributed by atoms with van der Waals surface area (Å²) in [4.78, 5) is 29.6. The number of fused-ring (bicyclic) bond motifs is 1. The van der Waals surface area contributed by atoms with Crippen LogP contribution in [0, 0.1) is 0 Å². The van der Waals surface area contributed by atoms with Crippen LogP contribution in [0.25, 0.3) is 16.8 Å². The van der Waals surface area contributed by atoms with E-state index in [9.17, 15) is 9.59 Å². The Kier molecular flexibility index (Phi) is 6.35. The Balaban J connectivity index is 1.93. The van der Waals surface area contributed by atoms with Gasteiger partial charge in [0.05, 0.1) is 19.9 Å². The van der Waals surface area contributed by atoms with E-state index >= 15 is 0 Å². The van der Waals surface area contributed by atoms with Crippen molar-refractivity contribution in [2.75, 3.05) is 25.7 Å². The highest BCUT2D eigenvalue weighted by molar-refractivity contribution is 7.80. The van der Waals surface area contributed by atoms with Crippen LogP contribution >= 0.6 is 23.8 Å². The lowest BCUT2D eigenvalue weighted by atomic mass is 9.99. The molecule has 0 unspecified atom stereocenters. The molecule has 2 amide bonds. The van der Waals surface area contributed by atoms with Gasteiger partial charge in [0.1, 0.15) is 17.1 Å². The summed E-state index contributed by atoms with van der Waals surface area (Å²) in [6.07, 6.45) is 1.57. The van der Waals surface area contributed by atoms with E-state index in [0.29, 0.717) is 34.3 Å². The second kappa shape index (κ2) is 9.21. The van der Waals surface area contributed by atoms with Crippen LogP contribution in [-0.2, 0) is 9.59 Å². The molecule has 1 heterocycles. The first-order chi connectivity index (χ1) is 15.9. The Morgan fingerprint density at radius 3 is 2.30 bits per heavy atom. The SMILES string of the molecule is CCN1C(=O)/C(=C\c2c(OC)ccc3ccc(OC)cc23)C(=O)N(c2ccc(Cl)cc2)C1=S. The van der Waals surface area contributed by atoms with Gasteiger partial charge in [-0.05, 0) is 78.5 Å². The smallest absolute Gasteiger partial charge is 0.270 e. The van der Waals surface area contributed by atoms with E-state index in [1.807, 2.05) is 24.3 Å². The highest BCUT2D eigenvalue weighted by Gasteiger charge is 2.39. The van der Waals surface area contributed by atoms with Gasteiger partial charge in [-0.2, -0.15) is 0 Å². The van der Waals surface area contributed by atoms with Gasteiger partial charge in [0.15, 0.2) is 5.11 Å². The summed E-state index contributed by atoms with van der Waals surface area (Å²) in [7, 11) is 3.12. The van der Waals surface area contributed by atoms with Crippen molar-refractivity contribution in [2.45, 2.75) is 6.92 Å². The molecule has 8 heteroatoms. The second-order valence-electron chi connectivity index (χ2n) is 7.28. The molecule has 1 aliphatic heterocycles. The lowest BCUT2D eigenvalue weighted by Gasteiger charge is -2.36. The number of anilines is 1. The molecule has 0 radical (unpaired) electrons. The third-order valence-corrected chi connectivity index (χ3v) is 6.13. The summed E-state index contributed by atoms with van der Waals surface area (Å²) in [6.45, 7) is 2.12. The van der Waals surface area contributed by atoms with Crippen molar-refractivity contribution in [2.24, 2.45) is 0 Å². The average molecular weight is 481 g/mol. The Labute approximate surface area is 201 Å². The van der Waals surface area contributed by atoms with Crippen LogP contribution in [0.1, 0.15) is 12.5 Å². The summed E-state index contributed by atoms with van der Waals surface area (Å²) in [5, 5.41) is 2.36. The summed E-state index contributed by atoms with van der Waals surface area (Å²) in [5.74, 6) is 0.201. The van der Waals surface area contributed by atoms with Gasteiger partial charge in [-0.3, -0.25) is 19.4 Å². The van der Waals surface area contributed by atoms with Gasteiger partial charge in [0.25, 0.3) is 11.8 Å². The molecule has 33 heavy (non-hydrogen) atoms. The van der Waals surface area contributed by atoms with Crippen molar-refractivity contribution in [3.8, 4) is 11.5 Å². The van der Waals surface area contributed by atoms with Crippen molar-refractivity contribution in [1.82, 2.24) is 4.90 Å². The van der Waals surface area contributed by atoms with E-state index in [1.165, 1.54) is 9.80 Å². The van der Waals surface area contributed by atoms with E-state index in [1.54, 1.807) is 57.6 Å². The first-order valence-electron chi connectivity index (χ1n) is 10.2. The zero-order valence-corrected chi connectivity index (χ0v) is 19.9. The van der Waals surface area contributed by atoms with Gasteiger partial charge in [-0.1, -0.05) is 23.7 Å². The summed E-state index contributed by atoms with van der Waals surface area (Å²) in [6, 6.07) is 16.0. The molecule has 0 aliphatic carbocycles. The van der Waals surface area contributed by atoms with E-state index in [2.05, 4.69) is 0 Å². The van der Waals surface area contributed by atoms with Gasteiger partial charge in [0, 0.05) is 17.1 Å². The third-order valence-electron chi connectivity index (χ3n) is 5.47. The van der Waals surface area contributed by atoms with E-state index < -0.39 is 11.8 Å². The third kappa shape index (κ3) is 4.05. The minimum Gasteiger partial charge on any atom is -0.497 e. The largest absolute Gasteiger partial charge is 0.497 e. The van der Waals surface area contributed by atoms with E-state index in [4.69, 9.17) is 33.3 Å². The van der Waals surface area contributed by atoms with Crippen molar-refractivity contribution in [1.29, 1.82) is 0 Å². The topological polar surface area (TPSA) is 59.1 Å². The van der Waals surface area contributed by atoms with Crippen molar-refractivity contribution in [3.05, 3.63) is 70.8 Å². The molecule has 0 bridgehead atoms. The molecule has 0 N–H and O–H groups in total. The number of carbonyl (C=O) groups excluding carboxylic acids is 2. The fourth-order valence-electron chi connectivity index (χ4n) is 3.77. The number of rotatable bonds is 5. The number of thiocarbonyl (C=S) groups is 1. The first kappa shape index (κ1) is 22.8. The van der Waals surface area contributed by atoms with Crippen LogP contribution in [0.3, 0.4) is 0 Å². The highest BCUT2D eigenvalue weighted by Crippen LogP contribution is 2.34. The number of amides is 2. The molecule has 1 aliphatic rings. The van der Waals surface area contributed by atoms with Gasteiger partial charge in [-0.15, -0.1) is 0 Å². The lowest BCUT2D eigenvalue weighted by Crippen LogP contribution is -2.56. The molecule has 0 aromatic heterocycles. The number of nitrogens with zero attached hydrogens (tertiary/aromatic N) is 2. The van der Waals surface area contributed by atoms with Gasteiger partial charge >= 0.3 is 0 Å². The number of benzene rings is 3. The number of likely N-dealkylation sites (N-methyl/N-ethyl adjacent to an activating group) is 1. The van der Waals surface area contributed by atoms with Crippen LogP contribution in [0.15, 0.2) is 60.2 Å². The molecule has 168 valence electrons. The minimum atomic E-state index is -0.515. The zero-order chi connectivity index (χ0) is 23.7. The van der Waals surface area contributed by atoms with Crippen LogP contribution in [0.4, 0.5) is 5.69 Å². The molecule has 3 aromatic rings. The summed E-state index contributed by atoms with van der Waals surface area (Å²) in [5.41, 5.74) is 1.11. The van der Waals surface area contributed by atoms with Gasteiger partial charge in [0.2, 0.25) is 0 Å². The van der Waals surface area contributed by atoms with Gasteiger partial charge < -0.3 is 9.47 Å².